The van der Waals surface area contributed by atoms with Crippen LogP contribution in [0, 0.1) is 6.92 Å². The Morgan fingerprint density at radius 1 is 1.75 bits per heavy atom. The maximum absolute atomic E-state index is 4.40. The number of rotatable bonds is 3. The zero-order valence-electron chi connectivity index (χ0n) is 7.72. The molecule has 1 unspecified atom stereocenters. The van der Waals surface area contributed by atoms with E-state index in [2.05, 4.69) is 22.3 Å². The summed E-state index contributed by atoms with van der Waals surface area (Å²) >= 11 is 1.67. The van der Waals surface area contributed by atoms with E-state index < -0.39 is 0 Å². The molecule has 1 heterocycles. The fraction of sp³-hybridized carbons (Fsp3) is 0.444. The number of likely N-dealkylation sites (N-methyl/N-ethyl adjacent to an activating group) is 1. The Hall–Kier alpha value is -0.670. The number of nitrogens with zero attached hydrogens (tertiary/aromatic N) is 1. The second kappa shape index (κ2) is 3.83. The van der Waals surface area contributed by atoms with E-state index in [0.29, 0.717) is 0 Å². The fourth-order valence-corrected chi connectivity index (χ4v) is 1.80. The highest BCUT2D eigenvalue weighted by Crippen LogP contribution is 2.20. The average Bonchev–Trinajstić information content (AvgIpc) is 2.37. The fourth-order valence-electron chi connectivity index (χ4n) is 1.16. The van der Waals surface area contributed by atoms with Crippen LogP contribution in [-0.2, 0) is 0 Å². The SMILES string of the molecule is C=C(C)C(NC)c1csc(C)n1. The van der Waals surface area contributed by atoms with Gasteiger partial charge < -0.3 is 5.32 Å². The van der Waals surface area contributed by atoms with Crippen molar-refractivity contribution in [2.45, 2.75) is 19.9 Å². The summed E-state index contributed by atoms with van der Waals surface area (Å²) in [7, 11) is 1.92. The van der Waals surface area contributed by atoms with Crippen molar-refractivity contribution in [2.24, 2.45) is 0 Å². The van der Waals surface area contributed by atoms with Gasteiger partial charge in [-0.15, -0.1) is 11.3 Å². The molecular formula is C9H14N2S. The minimum absolute atomic E-state index is 0.204. The van der Waals surface area contributed by atoms with Crippen LogP contribution in [0.4, 0.5) is 0 Å². The Kier molecular flexibility index (Phi) is 3.00. The topological polar surface area (TPSA) is 24.9 Å². The summed E-state index contributed by atoms with van der Waals surface area (Å²) in [5.74, 6) is 0. The van der Waals surface area contributed by atoms with Gasteiger partial charge in [-0.05, 0) is 20.9 Å². The van der Waals surface area contributed by atoms with Gasteiger partial charge in [0.15, 0.2) is 0 Å². The molecule has 1 N–H and O–H groups in total. The molecule has 0 aromatic carbocycles. The van der Waals surface area contributed by atoms with E-state index in [-0.39, 0.29) is 6.04 Å². The zero-order valence-corrected chi connectivity index (χ0v) is 8.53. The smallest absolute Gasteiger partial charge is 0.0898 e. The molecule has 0 aliphatic rings. The van der Waals surface area contributed by atoms with E-state index in [1.54, 1.807) is 11.3 Å². The van der Waals surface area contributed by atoms with E-state index in [1.165, 1.54) is 0 Å². The first-order valence-electron chi connectivity index (χ1n) is 3.90. The minimum Gasteiger partial charge on any atom is -0.308 e. The molecule has 0 amide bonds. The molecule has 0 saturated heterocycles. The van der Waals surface area contributed by atoms with E-state index in [9.17, 15) is 0 Å². The van der Waals surface area contributed by atoms with Gasteiger partial charge in [0.2, 0.25) is 0 Å². The van der Waals surface area contributed by atoms with Gasteiger partial charge in [-0.3, -0.25) is 0 Å². The summed E-state index contributed by atoms with van der Waals surface area (Å²) in [5, 5.41) is 6.35. The number of aromatic nitrogens is 1. The normalized spacial score (nSPS) is 12.9. The summed E-state index contributed by atoms with van der Waals surface area (Å²) < 4.78 is 0. The lowest BCUT2D eigenvalue weighted by molar-refractivity contribution is 0.662. The molecule has 0 radical (unpaired) electrons. The van der Waals surface area contributed by atoms with Crippen LogP contribution in [0.3, 0.4) is 0 Å². The minimum atomic E-state index is 0.204. The van der Waals surface area contributed by atoms with Crippen molar-refractivity contribution in [3.8, 4) is 0 Å². The van der Waals surface area contributed by atoms with Crippen LogP contribution in [-0.4, -0.2) is 12.0 Å². The van der Waals surface area contributed by atoms with Gasteiger partial charge in [0.1, 0.15) is 0 Å². The van der Waals surface area contributed by atoms with Gasteiger partial charge in [0, 0.05) is 5.38 Å². The maximum Gasteiger partial charge on any atom is 0.0898 e. The zero-order chi connectivity index (χ0) is 9.14. The van der Waals surface area contributed by atoms with Crippen LogP contribution in [0.2, 0.25) is 0 Å². The first-order chi connectivity index (χ1) is 5.65. The molecule has 0 aliphatic heterocycles. The molecule has 0 spiro atoms. The van der Waals surface area contributed by atoms with Crippen molar-refractivity contribution in [2.75, 3.05) is 7.05 Å². The molecule has 66 valence electrons. The van der Waals surface area contributed by atoms with Gasteiger partial charge in [-0.2, -0.15) is 0 Å². The van der Waals surface area contributed by atoms with Crippen LogP contribution in [0.25, 0.3) is 0 Å². The van der Waals surface area contributed by atoms with Crippen molar-refractivity contribution in [3.63, 3.8) is 0 Å². The number of aryl methyl sites for hydroxylation is 1. The van der Waals surface area contributed by atoms with Gasteiger partial charge in [-0.25, -0.2) is 4.98 Å². The predicted molar refractivity (Wildman–Crippen MR) is 53.5 cm³/mol. The highest BCUT2D eigenvalue weighted by molar-refractivity contribution is 7.09. The molecule has 3 heteroatoms. The Morgan fingerprint density at radius 3 is 2.75 bits per heavy atom. The van der Waals surface area contributed by atoms with E-state index in [4.69, 9.17) is 0 Å². The Balaban J connectivity index is 2.87. The summed E-state index contributed by atoms with van der Waals surface area (Å²) in [4.78, 5) is 4.40. The number of thiazole rings is 1. The first-order valence-corrected chi connectivity index (χ1v) is 4.77. The lowest BCUT2D eigenvalue weighted by Crippen LogP contribution is -2.17. The van der Waals surface area contributed by atoms with Crippen LogP contribution in [0.5, 0.6) is 0 Å². The van der Waals surface area contributed by atoms with E-state index in [1.807, 2.05) is 20.9 Å². The molecule has 1 atom stereocenters. The molecule has 0 bridgehead atoms. The lowest BCUT2D eigenvalue weighted by Gasteiger charge is -2.12. The summed E-state index contributed by atoms with van der Waals surface area (Å²) in [6.45, 7) is 7.94. The standard InChI is InChI=1S/C9H14N2S/c1-6(2)9(10-4)8-5-12-7(3)11-8/h5,9-10H,1H2,2-4H3. The third-order valence-electron chi connectivity index (χ3n) is 1.71. The molecule has 0 fully saturated rings. The van der Waals surface area contributed by atoms with Gasteiger partial charge in [-0.1, -0.05) is 12.2 Å². The largest absolute Gasteiger partial charge is 0.308 e. The quantitative estimate of drug-likeness (QED) is 0.725. The lowest BCUT2D eigenvalue weighted by atomic mass is 10.1. The monoisotopic (exact) mass is 182 g/mol. The molecule has 1 aromatic rings. The van der Waals surface area contributed by atoms with E-state index >= 15 is 0 Å². The van der Waals surface area contributed by atoms with Gasteiger partial charge in [0.05, 0.1) is 16.7 Å². The number of hydrogen-bond donors (Lipinski definition) is 1. The van der Waals surface area contributed by atoms with Crippen LogP contribution >= 0.6 is 11.3 Å². The second-order valence-electron chi connectivity index (χ2n) is 2.86. The van der Waals surface area contributed by atoms with Crippen LogP contribution < -0.4 is 5.32 Å². The third-order valence-corrected chi connectivity index (χ3v) is 2.51. The number of hydrogen-bond acceptors (Lipinski definition) is 3. The molecule has 12 heavy (non-hydrogen) atoms. The third kappa shape index (κ3) is 1.93. The molecule has 0 saturated carbocycles. The van der Waals surface area contributed by atoms with Gasteiger partial charge >= 0.3 is 0 Å². The molecule has 0 aliphatic carbocycles. The van der Waals surface area contributed by atoms with E-state index in [0.717, 1.165) is 16.3 Å². The van der Waals surface area contributed by atoms with Crippen molar-refractivity contribution < 1.29 is 0 Å². The van der Waals surface area contributed by atoms with Crippen LogP contribution in [0.1, 0.15) is 23.7 Å². The van der Waals surface area contributed by atoms with Gasteiger partial charge in [0.25, 0.3) is 0 Å². The van der Waals surface area contributed by atoms with Crippen molar-refractivity contribution in [1.82, 2.24) is 10.3 Å². The molecule has 1 aromatic heterocycles. The highest BCUT2D eigenvalue weighted by atomic mass is 32.1. The van der Waals surface area contributed by atoms with Crippen molar-refractivity contribution in [3.05, 3.63) is 28.2 Å². The second-order valence-corrected chi connectivity index (χ2v) is 3.92. The molecule has 1 rings (SSSR count). The molecular weight excluding hydrogens is 168 g/mol. The summed E-state index contributed by atoms with van der Waals surface area (Å²) in [6, 6.07) is 0.204. The van der Waals surface area contributed by atoms with Crippen LogP contribution in [0.15, 0.2) is 17.5 Å². The Labute approximate surface area is 77.3 Å². The Morgan fingerprint density at radius 2 is 2.42 bits per heavy atom. The number of nitrogens with one attached hydrogen (secondary N) is 1. The highest BCUT2D eigenvalue weighted by Gasteiger charge is 2.11. The summed E-state index contributed by atoms with van der Waals surface area (Å²) in [5.41, 5.74) is 2.18. The first kappa shape index (κ1) is 9.42. The van der Waals surface area contributed by atoms with Crippen molar-refractivity contribution >= 4 is 11.3 Å². The average molecular weight is 182 g/mol. The summed E-state index contributed by atoms with van der Waals surface area (Å²) in [6.07, 6.45) is 0. The van der Waals surface area contributed by atoms with Crippen molar-refractivity contribution in [1.29, 1.82) is 0 Å². The maximum atomic E-state index is 4.40. The Bertz CT molecular complexity index is 278. The molecule has 2 nitrogen and oxygen atoms in total. The predicted octanol–water partition coefficient (Wildman–Crippen LogP) is 2.29.